The third-order valence-electron chi connectivity index (χ3n) is 2.70. The number of nitrogens with one attached hydrogen (secondary N) is 1. The molecular weight excluding hydrogens is 275 g/mol. The van der Waals surface area contributed by atoms with E-state index >= 15 is 0 Å². The summed E-state index contributed by atoms with van der Waals surface area (Å²) in [4.78, 5) is 8.04. The van der Waals surface area contributed by atoms with Gasteiger partial charge >= 0.3 is 0 Å². The molecular formula is C14H17FN4O2. The lowest BCUT2D eigenvalue weighted by Crippen LogP contribution is -2.06. The van der Waals surface area contributed by atoms with Crippen LogP contribution in [0, 0.1) is 5.82 Å². The van der Waals surface area contributed by atoms with Crippen molar-refractivity contribution in [2.45, 2.75) is 13.3 Å². The van der Waals surface area contributed by atoms with Gasteiger partial charge in [0.15, 0.2) is 17.4 Å². The molecule has 0 radical (unpaired) electrons. The molecule has 2 aromatic rings. The molecule has 0 unspecified atom stereocenters. The van der Waals surface area contributed by atoms with Gasteiger partial charge in [0, 0.05) is 11.8 Å². The van der Waals surface area contributed by atoms with Gasteiger partial charge in [0.25, 0.3) is 0 Å². The summed E-state index contributed by atoms with van der Waals surface area (Å²) >= 11 is 0. The molecule has 0 amide bonds. The Morgan fingerprint density at radius 2 is 2.14 bits per heavy atom. The van der Waals surface area contributed by atoms with Crippen molar-refractivity contribution in [3.8, 4) is 11.6 Å². The van der Waals surface area contributed by atoms with Crippen molar-refractivity contribution in [3.63, 3.8) is 0 Å². The molecule has 21 heavy (non-hydrogen) atoms. The van der Waals surface area contributed by atoms with E-state index in [9.17, 15) is 4.39 Å². The van der Waals surface area contributed by atoms with Crippen molar-refractivity contribution >= 4 is 17.2 Å². The molecule has 0 aliphatic carbocycles. The average Bonchev–Trinajstić information content (AvgIpc) is 2.50. The molecule has 0 spiro atoms. The molecule has 0 aliphatic heterocycles. The predicted octanol–water partition coefficient (Wildman–Crippen LogP) is 2.74. The van der Waals surface area contributed by atoms with E-state index in [2.05, 4.69) is 15.3 Å². The van der Waals surface area contributed by atoms with E-state index in [0.717, 1.165) is 6.42 Å². The summed E-state index contributed by atoms with van der Waals surface area (Å²) in [6.45, 7) is 2.51. The summed E-state index contributed by atoms with van der Waals surface area (Å²) in [5, 5.41) is 2.99. The second-order valence-corrected chi connectivity index (χ2v) is 4.26. The van der Waals surface area contributed by atoms with E-state index in [1.807, 2.05) is 6.92 Å². The molecule has 0 bridgehead atoms. The van der Waals surface area contributed by atoms with Gasteiger partial charge in [-0.15, -0.1) is 0 Å². The minimum absolute atomic E-state index is 0.134. The number of hydrogen-bond donors (Lipinski definition) is 2. The van der Waals surface area contributed by atoms with Gasteiger partial charge in [0.05, 0.1) is 13.7 Å². The maximum Gasteiger partial charge on any atom is 0.242 e. The Kier molecular flexibility index (Phi) is 4.76. The zero-order valence-electron chi connectivity index (χ0n) is 11.9. The van der Waals surface area contributed by atoms with Gasteiger partial charge in [0.1, 0.15) is 12.0 Å². The minimum atomic E-state index is -0.439. The van der Waals surface area contributed by atoms with Crippen molar-refractivity contribution in [1.82, 2.24) is 9.97 Å². The molecule has 3 N–H and O–H groups in total. The van der Waals surface area contributed by atoms with Crippen LogP contribution in [-0.4, -0.2) is 23.7 Å². The Hall–Kier alpha value is -2.57. The highest BCUT2D eigenvalue weighted by molar-refractivity contribution is 5.72. The van der Waals surface area contributed by atoms with Crippen LogP contribution in [0.25, 0.3) is 0 Å². The number of nitrogens with zero attached hydrogens (tertiary/aromatic N) is 2. The van der Waals surface area contributed by atoms with Gasteiger partial charge < -0.3 is 20.5 Å². The number of aromatic nitrogens is 2. The number of rotatable bonds is 6. The average molecular weight is 292 g/mol. The molecule has 7 heteroatoms. The highest BCUT2D eigenvalue weighted by atomic mass is 19.1. The van der Waals surface area contributed by atoms with Gasteiger partial charge in [-0.25, -0.2) is 9.37 Å². The van der Waals surface area contributed by atoms with E-state index in [4.69, 9.17) is 15.2 Å². The number of benzene rings is 1. The lowest BCUT2D eigenvalue weighted by atomic mass is 10.3. The van der Waals surface area contributed by atoms with Crippen molar-refractivity contribution < 1.29 is 13.9 Å². The van der Waals surface area contributed by atoms with Crippen molar-refractivity contribution in [2.75, 3.05) is 24.8 Å². The first-order valence-corrected chi connectivity index (χ1v) is 6.49. The van der Waals surface area contributed by atoms with Crippen molar-refractivity contribution in [1.29, 1.82) is 0 Å². The fraction of sp³-hybridized carbons (Fsp3) is 0.286. The van der Waals surface area contributed by atoms with Gasteiger partial charge in [0.2, 0.25) is 5.88 Å². The first kappa shape index (κ1) is 14.8. The highest BCUT2D eigenvalue weighted by Crippen LogP contribution is 2.29. The largest absolute Gasteiger partial charge is 0.494 e. The lowest BCUT2D eigenvalue weighted by Gasteiger charge is -2.12. The van der Waals surface area contributed by atoms with Crippen LogP contribution in [0.5, 0.6) is 11.6 Å². The van der Waals surface area contributed by atoms with Gasteiger partial charge in [-0.1, -0.05) is 6.92 Å². The first-order valence-electron chi connectivity index (χ1n) is 6.49. The number of methoxy groups -OCH3 is 1. The quantitative estimate of drug-likeness (QED) is 0.852. The maximum atomic E-state index is 13.4. The molecule has 1 heterocycles. The molecule has 1 aromatic heterocycles. The van der Waals surface area contributed by atoms with Gasteiger partial charge in [-0.05, 0) is 18.6 Å². The van der Waals surface area contributed by atoms with Crippen LogP contribution in [0.1, 0.15) is 13.3 Å². The lowest BCUT2D eigenvalue weighted by molar-refractivity contribution is 0.307. The van der Waals surface area contributed by atoms with Gasteiger partial charge in [-0.3, -0.25) is 0 Å². The molecule has 1 aromatic carbocycles. The number of ether oxygens (including phenoxy) is 2. The fourth-order valence-electron chi connectivity index (χ4n) is 1.67. The van der Waals surface area contributed by atoms with Crippen LogP contribution < -0.4 is 20.5 Å². The van der Waals surface area contributed by atoms with E-state index in [0.29, 0.717) is 29.7 Å². The summed E-state index contributed by atoms with van der Waals surface area (Å²) in [7, 11) is 1.40. The predicted molar refractivity (Wildman–Crippen MR) is 78.5 cm³/mol. The molecule has 0 aliphatic rings. The van der Waals surface area contributed by atoms with Crippen LogP contribution in [0.3, 0.4) is 0 Å². The van der Waals surface area contributed by atoms with E-state index < -0.39 is 5.82 Å². The summed E-state index contributed by atoms with van der Waals surface area (Å²) < 4.78 is 23.7. The standard InChI is InChI=1S/C14H17FN4O2/c1-3-6-21-14-12(16)13(17-8-18-14)19-9-4-5-10(15)11(7-9)20-2/h4-5,7-8H,3,6,16H2,1-2H3,(H,17,18,19). The Labute approximate surface area is 122 Å². The normalized spacial score (nSPS) is 10.2. The van der Waals surface area contributed by atoms with Crippen LogP contribution in [0.4, 0.5) is 21.6 Å². The zero-order chi connectivity index (χ0) is 15.2. The fourth-order valence-corrected chi connectivity index (χ4v) is 1.67. The van der Waals surface area contributed by atoms with Crippen LogP contribution in [0.2, 0.25) is 0 Å². The number of nitrogens with two attached hydrogens (primary N) is 1. The Morgan fingerprint density at radius 1 is 1.33 bits per heavy atom. The summed E-state index contributed by atoms with van der Waals surface area (Å²) in [5.74, 6) is 0.411. The Balaban J connectivity index is 2.23. The molecule has 0 atom stereocenters. The molecule has 6 nitrogen and oxygen atoms in total. The summed E-state index contributed by atoms with van der Waals surface area (Å²) in [6.07, 6.45) is 2.20. The van der Waals surface area contributed by atoms with Crippen LogP contribution >= 0.6 is 0 Å². The molecule has 112 valence electrons. The van der Waals surface area contributed by atoms with E-state index in [1.165, 1.54) is 25.6 Å². The zero-order valence-corrected chi connectivity index (χ0v) is 11.9. The first-order chi connectivity index (χ1) is 10.2. The van der Waals surface area contributed by atoms with Crippen LogP contribution in [0.15, 0.2) is 24.5 Å². The Morgan fingerprint density at radius 3 is 2.86 bits per heavy atom. The molecule has 0 fully saturated rings. The van der Waals surface area contributed by atoms with E-state index in [1.54, 1.807) is 6.07 Å². The number of hydrogen-bond acceptors (Lipinski definition) is 6. The number of halogens is 1. The van der Waals surface area contributed by atoms with Crippen molar-refractivity contribution in [2.24, 2.45) is 0 Å². The third-order valence-corrected chi connectivity index (χ3v) is 2.70. The SMILES string of the molecule is CCCOc1ncnc(Nc2ccc(F)c(OC)c2)c1N. The van der Waals surface area contributed by atoms with E-state index in [-0.39, 0.29) is 5.75 Å². The highest BCUT2D eigenvalue weighted by Gasteiger charge is 2.10. The molecule has 0 saturated carbocycles. The van der Waals surface area contributed by atoms with Crippen molar-refractivity contribution in [3.05, 3.63) is 30.3 Å². The smallest absolute Gasteiger partial charge is 0.242 e. The summed E-state index contributed by atoms with van der Waals surface area (Å²) in [6, 6.07) is 4.38. The summed E-state index contributed by atoms with van der Waals surface area (Å²) in [5.41, 5.74) is 6.85. The molecule has 0 saturated heterocycles. The monoisotopic (exact) mass is 292 g/mol. The third kappa shape index (κ3) is 3.50. The second kappa shape index (κ2) is 6.74. The molecule has 2 rings (SSSR count). The maximum absolute atomic E-state index is 13.4. The minimum Gasteiger partial charge on any atom is -0.494 e. The number of nitrogen functional groups attached to an aromatic ring is 1. The number of anilines is 3. The van der Waals surface area contributed by atoms with Gasteiger partial charge in [-0.2, -0.15) is 4.98 Å². The Bertz CT molecular complexity index is 622. The topological polar surface area (TPSA) is 82.3 Å². The van der Waals surface area contributed by atoms with Crippen LogP contribution in [-0.2, 0) is 0 Å². The second-order valence-electron chi connectivity index (χ2n) is 4.26.